The minimum atomic E-state index is 0.0579. The average molecular weight is 456 g/mol. The second kappa shape index (κ2) is 9.35. The van der Waals surface area contributed by atoms with E-state index in [1.807, 2.05) is 10.9 Å². The normalized spacial score (nSPS) is 23.6. The third-order valence-electron chi connectivity index (χ3n) is 7.45. The first kappa shape index (κ1) is 21.6. The van der Waals surface area contributed by atoms with Crippen LogP contribution < -0.4 is 0 Å². The molecule has 0 aliphatic carbocycles. The maximum Gasteiger partial charge on any atom is 0.150 e. The largest absolute Gasteiger partial charge is 0.357 e. The predicted molar refractivity (Wildman–Crippen MR) is 134 cm³/mol. The van der Waals surface area contributed by atoms with Gasteiger partial charge < -0.3 is 9.30 Å². The number of fused-ring (bicyclic) bond motifs is 1. The van der Waals surface area contributed by atoms with Crippen molar-refractivity contribution in [1.82, 2.24) is 24.2 Å². The molecule has 6 heteroatoms. The fourth-order valence-corrected chi connectivity index (χ4v) is 5.62. The van der Waals surface area contributed by atoms with Gasteiger partial charge in [0.05, 0.1) is 22.9 Å². The van der Waals surface area contributed by atoms with Gasteiger partial charge >= 0.3 is 0 Å². The Bertz CT molecular complexity index is 1240. The lowest BCUT2D eigenvalue weighted by Crippen LogP contribution is -2.26. The zero-order valence-corrected chi connectivity index (χ0v) is 19.9. The molecule has 0 radical (unpaired) electrons. The Morgan fingerprint density at radius 3 is 2.82 bits per heavy atom. The first-order valence-electron chi connectivity index (χ1n) is 12.6. The molecule has 2 aliphatic rings. The lowest BCUT2D eigenvalue weighted by atomic mass is 10.1. The average Bonchev–Trinajstić information content (AvgIpc) is 3.60. The minimum absolute atomic E-state index is 0.0579. The van der Waals surface area contributed by atoms with Gasteiger partial charge in [-0.3, -0.25) is 4.90 Å². The van der Waals surface area contributed by atoms with E-state index in [0.29, 0.717) is 12.0 Å². The molecule has 4 aromatic rings. The molecular weight excluding hydrogens is 422 g/mol. The third-order valence-corrected chi connectivity index (χ3v) is 7.45. The number of hydrogen-bond acceptors (Lipinski definition) is 4. The summed E-state index contributed by atoms with van der Waals surface area (Å²) in [5.41, 5.74) is 5.67. The molecule has 3 aromatic heterocycles. The van der Waals surface area contributed by atoms with E-state index in [-0.39, 0.29) is 6.23 Å². The molecule has 0 spiro atoms. The van der Waals surface area contributed by atoms with E-state index in [9.17, 15) is 0 Å². The number of aromatic nitrogens is 4. The molecule has 2 saturated heterocycles. The minimum Gasteiger partial charge on any atom is -0.357 e. The number of likely N-dealkylation sites (tertiary alicyclic amines) is 1. The summed E-state index contributed by atoms with van der Waals surface area (Å²) < 4.78 is 10.2. The molecule has 0 N–H and O–H groups in total. The van der Waals surface area contributed by atoms with Crippen LogP contribution in [0.2, 0.25) is 0 Å². The van der Waals surface area contributed by atoms with E-state index >= 15 is 0 Å². The predicted octanol–water partition coefficient (Wildman–Crippen LogP) is 5.51. The van der Waals surface area contributed by atoms with Crippen LogP contribution in [0.1, 0.15) is 44.4 Å². The van der Waals surface area contributed by atoms with Gasteiger partial charge in [-0.2, -0.15) is 5.10 Å². The molecule has 5 heterocycles. The number of benzene rings is 1. The van der Waals surface area contributed by atoms with Crippen LogP contribution in [0.3, 0.4) is 0 Å². The molecule has 1 unspecified atom stereocenters. The van der Waals surface area contributed by atoms with Gasteiger partial charge in [0, 0.05) is 50.2 Å². The van der Waals surface area contributed by atoms with Crippen molar-refractivity contribution >= 4 is 11.0 Å². The summed E-state index contributed by atoms with van der Waals surface area (Å²) in [5, 5.41) is 4.56. The molecule has 0 saturated carbocycles. The maximum atomic E-state index is 5.87. The third kappa shape index (κ3) is 4.40. The van der Waals surface area contributed by atoms with Crippen molar-refractivity contribution in [3.05, 3.63) is 72.7 Å². The van der Waals surface area contributed by atoms with Gasteiger partial charge in [-0.1, -0.05) is 30.3 Å². The van der Waals surface area contributed by atoms with Crippen LogP contribution in [-0.4, -0.2) is 43.4 Å². The topological polar surface area (TPSA) is 48.1 Å². The zero-order valence-electron chi connectivity index (χ0n) is 19.9. The standard InChI is InChI=1S/C28H33N5O/c1-21-15-23(19-32(21)17-22-7-3-2-4-8-22)18-31-13-12-26-27(31)11-10-25(30-26)24-16-29-33(20-24)28-9-5-6-14-34-28/h2-4,7-8,10-13,16,20-21,23,28H,5-6,9,14-15,17-19H2,1H3/t21-,23+,28?/m1/s1. The number of rotatable bonds is 6. The zero-order chi connectivity index (χ0) is 22.9. The lowest BCUT2D eigenvalue weighted by Gasteiger charge is -2.22. The van der Waals surface area contributed by atoms with Gasteiger partial charge in [-0.25, -0.2) is 9.67 Å². The molecule has 6 rings (SSSR count). The molecule has 1 aromatic carbocycles. The van der Waals surface area contributed by atoms with Crippen LogP contribution in [0.15, 0.2) is 67.1 Å². The monoisotopic (exact) mass is 455 g/mol. The number of hydrogen-bond donors (Lipinski definition) is 0. The van der Waals surface area contributed by atoms with E-state index in [4.69, 9.17) is 9.72 Å². The smallest absolute Gasteiger partial charge is 0.150 e. The molecule has 0 bridgehead atoms. The second-order valence-corrected chi connectivity index (χ2v) is 9.96. The molecule has 34 heavy (non-hydrogen) atoms. The Morgan fingerprint density at radius 2 is 1.97 bits per heavy atom. The van der Waals surface area contributed by atoms with Gasteiger partial charge in [0.25, 0.3) is 0 Å². The number of ether oxygens (including phenoxy) is 1. The van der Waals surface area contributed by atoms with Crippen LogP contribution in [0.25, 0.3) is 22.3 Å². The van der Waals surface area contributed by atoms with Crippen LogP contribution in [-0.2, 0) is 17.8 Å². The van der Waals surface area contributed by atoms with Crippen LogP contribution in [0, 0.1) is 5.92 Å². The highest BCUT2D eigenvalue weighted by Crippen LogP contribution is 2.29. The molecule has 3 atom stereocenters. The highest BCUT2D eigenvalue weighted by molar-refractivity contribution is 5.79. The van der Waals surface area contributed by atoms with Crippen molar-refractivity contribution in [2.45, 2.75) is 58.0 Å². The van der Waals surface area contributed by atoms with Gasteiger partial charge in [0.2, 0.25) is 0 Å². The van der Waals surface area contributed by atoms with Gasteiger partial charge in [0.1, 0.15) is 6.23 Å². The van der Waals surface area contributed by atoms with E-state index < -0.39 is 0 Å². The fourth-order valence-electron chi connectivity index (χ4n) is 5.62. The van der Waals surface area contributed by atoms with E-state index in [1.165, 1.54) is 23.9 Å². The second-order valence-electron chi connectivity index (χ2n) is 9.96. The Hall–Kier alpha value is -2.96. The van der Waals surface area contributed by atoms with Gasteiger partial charge in [0.15, 0.2) is 0 Å². The van der Waals surface area contributed by atoms with Crippen molar-refractivity contribution in [3.8, 4) is 11.3 Å². The molecule has 6 nitrogen and oxygen atoms in total. The highest BCUT2D eigenvalue weighted by Gasteiger charge is 2.29. The van der Waals surface area contributed by atoms with Crippen LogP contribution in [0.5, 0.6) is 0 Å². The van der Waals surface area contributed by atoms with Crippen molar-refractivity contribution in [2.75, 3.05) is 13.2 Å². The van der Waals surface area contributed by atoms with Crippen molar-refractivity contribution in [1.29, 1.82) is 0 Å². The maximum absolute atomic E-state index is 5.87. The summed E-state index contributed by atoms with van der Waals surface area (Å²) in [7, 11) is 0. The number of nitrogens with zero attached hydrogens (tertiary/aromatic N) is 5. The first-order valence-corrected chi connectivity index (χ1v) is 12.6. The Kier molecular flexibility index (Phi) is 5.93. The van der Waals surface area contributed by atoms with Gasteiger partial charge in [-0.05, 0) is 62.3 Å². The van der Waals surface area contributed by atoms with Crippen LogP contribution in [0.4, 0.5) is 0 Å². The van der Waals surface area contributed by atoms with E-state index in [0.717, 1.165) is 55.9 Å². The van der Waals surface area contributed by atoms with Crippen molar-refractivity contribution < 1.29 is 4.74 Å². The molecule has 2 aliphatic heterocycles. The Morgan fingerprint density at radius 1 is 1.06 bits per heavy atom. The highest BCUT2D eigenvalue weighted by atomic mass is 16.5. The molecule has 2 fully saturated rings. The molecule has 0 amide bonds. The van der Waals surface area contributed by atoms with E-state index in [1.54, 1.807) is 0 Å². The van der Waals surface area contributed by atoms with Gasteiger partial charge in [-0.15, -0.1) is 0 Å². The Labute approximate surface area is 201 Å². The SMILES string of the molecule is C[C@@H]1C[C@@H](Cn2ccc3nc(-c4cnn(C5CCCCO5)c4)ccc32)CN1Cc1ccccc1. The Balaban J connectivity index is 1.14. The van der Waals surface area contributed by atoms with E-state index in [2.05, 4.69) is 82.4 Å². The fraction of sp³-hybridized carbons (Fsp3) is 0.429. The summed E-state index contributed by atoms with van der Waals surface area (Å²) in [6.45, 7) is 6.40. The van der Waals surface area contributed by atoms with Crippen LogP contribution >= 0.6 is 0 Å². The summed E-state index contributed by atoms with van der Waals surface area (Å²) in [4.78, 5) is 7.58. The summed E-state index contributed by atoms with van der Waals surface area (Å²) in [6, 6.07) is 17.9. The first-order chi connectivity index (χ1) is 16.7. The quantitative estimate of drug-likeness (QED) is 0.385. The van der Waals surface area contributed by atoms with Crippen molar-refractivity contribution in [2.24, 2.45) is 5.92 Å². The van der Waals surface area contributed by atoms with Crippen molar-refractivity contribution in [3.63, 3.8) is 0 Å². The lowest BCUT2D eigenvalue weighted by molar-refractivity contribution is -0.0394. The number of pyridine rings is 1. The summed E-state index contributed by atoms with van der Waals surface area (Å²) in [6.07, 6.45) is 10.8. The molecule has 176 valence electrons. The molecular formula is C28H33N5O. The summed E-state index contributed by atoms with van der Waals surface area (Å²) >= 11 is 0. The summed E-state index contributed by atoms with van der Waals surface area (Å²) in [5.74, 6) is 0.655.